The van der Waals surface area contributed by atoms with Crippen molar-refractivity contribution < 1.29 is 18.7 Å². The number of carbonyl (C=O) groups is 2. The second-order valence-corrected chi connectivity index (χ2v) is 6.60. The third-order valence-corrected chi connectivity index (χ3v) is 4.59. The summed E-state index contributed by atoms with van der Waals surface area (Å²) in [5.41, 5.74) is 2.55. The number of nitrogens with one attached hydrogen (secondary N) is 1. The van der Waals surface area contributed by atoms with Crippen LogP contribution >= 0.6 is 11.8 Å². The molecule has 1 N–H and O–H groups in total. The molecule has 3 aromatic heterocycles. The van der Waals surface area contributed by atoms with Crippen LogP contribution in [0, 0.1) is 13.8 Å². The van der Waals surface area contributed by atoms with Gasteiger partial charge in [0.1, 0.15) is 0 Å². The van der Waals surface area contributed by atoms with Gasteiger partial charge in [-0.3, -0.25) is 9.78 Å². The monoisotopic (exact) mass is 386 g/mol. The fourth-order valence-electron chi connectivity index (χ4n) is 2.66. The Morgan fingerprint density at radius 1 is 1.22 bits per heavy atom. The summed E-state index contributed by atoms with van der Waals surface area (Å²) in [6.07, 6.45) is 3.27. The molecule has 3 aromatic rings. The van der Waals surface area contributed by atoms with Crippen molar-refractivity contribution in [2.75, 3.05) is 12.4 Å². The summed E-state index contributed by atoms with van der Waals surface area (Å²) < 4.78 is 10.6. The number of carbonyl (C=O) groups excluding carboxylic acids is 2. The van der Waals surface area contributed by atoms with Crippen molar-refractivity contribution in [2.45, 2.75) is 26.0 Å². The zero-order valence-electron chi connectivity index (χ0n) is 15.1. The molecule has 0 saturated carbocycles. The zero-order chi connectivity index (χ0) is 19.4. The van der Waals surface area contributed by atoms with E-state index in [9.17, 15) is 9.59 Å². The highest BCUT2D eigenvalue weighted by atomic mass is 32.2. The highest BCUT2D eigenvalue weighted by molar-refractivity contribution is 7.99. The molecule has 0 unspecified atom stereocenters. The van der Waals surface area contributed by atoms with Gasteiger partial charge in [-0.2, -0.15) is 0 Å². The Labute approximate surface area is 159 Å². The quantitative estimate of drug-likeness (QED) is 0.374. The number of hydrogen-bond acceptors (Lipinski definition) is 8. The number of aromatic nitrogens is 4. The van der Waals surface area contributed by atoms with Gasteiger partial charge in [0.25, 0.3) is 5.22 Å². The number of rotatable bonds is 7. The van der Waals surface area contributed by atoms with Crippen LogP contribution < -0.4 is 0 Å². The Kier molecular flexibility index (Phi) is 5.70. The fraction of sp³-hybridized carbons (Fsp3) is 0.278. The maximum Gasteiger partial charge on any atom is 0.340 e. The van der Waals surface area contributed by atoms with Crippen molar-refractivity contribution in [1.29, 1.82) is 0 Å². The van der Waals surface area contributed by atoms with Gasteiger partial charge in [-0.25, -0.2) is 4.79 Å². The van der Waals surface area contributed by atoms with Crippen LogP contribution in [0.15, 0.2) is 34.2 Å². The van der Waals surface area contributed by atoms with E-state index in [0.717, 1.165) is 11.8 Å². The maximum atomic E-state index is 12.7. The summed E-state index contributed by atoms with van der Waals surface area (Å²) in [4.78, 5) is 31.9. The number of aromatic amines is 1. The van der Waals surface area contributed by atoms with Gasteiger partial charge in [-0.1, -0.05) is 11.8 Å². The van der Waals surface area contributed by atoms with Crippen molar-refractivity contribution in [3.05, 3.63) is 47.0 Å². The molecule has 0 aliphatic rings. The van der Waals surface area contributed by atoms with Crippen molar-refractivity contribution in [3.63, 3.8) is 0 Å². The fourth-order valence-corrected chi connectivity index (χ4v) is 3.30. The number of H-pyrrole nitrogens is 1. The molecule has 8 nitrogen and oxygen atoms in total. The molecule has 0 radical (unpaired) electrons. The van der Waals surface area contributed by atoms with Crippen LogP contribution in [0.25, 0.3) is 11.5 Å². The third kappa shape index (κ3) is 4.08. The maximum absolute atomic E-state index is 12.7. The molecule has 0 spiro atoms. The standard InChI is InChI=1S/C18H18N4O4S/c1-4-25-17(24)15-11(3)20-10(2)14(15)13(23)9-27-18-22-21-16(26-18)12-6-5-7-19-8-12/h5-8,20H,4,9H2,1-3H3. The first-order valence-electron chi connectivity index (χ1n) is 8.27. The minimum absolute atomic E-state index is 0.0548. The summed E-state index contributed by atoms with van der Waals surface area (Å²) in [7, 11) is 0. The SMILES string of the molecule is CCOC(=O)c1c(C)[nH]c(C)c1C(=O)CSc1nnc(-c2cccnc2)o1. The normalized spacial score (nSPS) is 10.8. The average Bonchev–Trinajstić information content (AvgIpc) is 3.24. The summed E-state index contributed by atoms with van der Waals surface area (Å²) in [5, 5.41) is 8.17. The smallest absolute Gasteiger partial charge is 0.340 e. The molecule has 0 bridgehead atoms. The summed E-state index contributed by atoms with van der Waals surface area (Å²) in [5.74, 6) is -0.339. The number of nitrogens with zero attached hydrogens (tertiary/aromatic N) is 3. The number of Topliss-reactive ketones (excluding diaryl/α,β-unsaturated/α-hetero) is 1. The lowest BCUT2D eigenvalue weighted by atomic mass is 10.1. The Morgan fingerprint density at radius 2 is 2.00 bits per heavy atom. The van der Waals surface area contributed by atoms with Crippen molar-refractivity contribution in [1.82, 2.24) is 20.2 Å². The molecule has 0 saturated heterocycles. The molecule has 3 rings (SSSR count). The van der Waals surface area contributed by atoms with E-state index in [4.69, 9.17) is 9.15 Å². The number of ether oxygens (including phenoxy) is 1. The zero-order valence-corrected chi connectivity index (χ0v) is 15.9. The van der Waals surface area contributed by atoms with Gasteiger partial charge >= 0.3 is 5.97 Å². The van der Waals surface area contributed by atoms with Gasteiger partial charge in [0.05, 0.1) is 29.1 Å². The predicted molar refractivity (Wildman–Crippen MR) is 98.8 cm³/mol. The van der Waals surface area contributed by atoms with Gasteiger partial charge < -0.3 is 14.1 Å². The van der Waals surface area contributed by atoms with Crippen LogP contribution in [0.1, 0.15) is 39.0 Å². The minimum Gasteiger partial charge on any atom is -0.462 e. The molecule has 140 valence electrons. The van der Waals surface area contributed by atoms with Gasteiger partial charge in [0.15, 0.2) is 5.78 Å². The van der Waals surface area contributed by atoms with Gasteiger partial charge in [-0.15, -0.1) is 10.2 Å². The van der Waals surface area contributed by atoms with E-state index in [1.54, 1.807) is 45.3 Å². The number of hydrogen-bond donors (Lipinski definition) is 1. The lowest BCUT2D eigenvalue weighted by Crippen LogP contribution is -2.13. The summed E-state index contributed by atoms with van der Waals surface area (Å²) in [6, 6.07) is 3.57. The molecule has 3 heterocycles. The molecule has 27 heavy (non-hydrogen) atoms. The number of pyridine rings is 1. The summed E-state index contributed by atoms with van der Waals surface area (Å²) in [6.45, 7) is 5.45. The topological polar surface area (TPSA) is 111 Å². The van der Waals surface area contributed by atoms with Gasteiger partial charge in [-0.05, 0) is 32.9 Å². The number of thioether (sulfide) groups is 1. The van der Waals surface area contributed by atoms with E-state index in [1.165, 1.54) is 0 Å². The lowest BCUT2D eigenvalue weighted by Gasteiger charge is -2.05. The van der Waals surface area contributed by atoms with Crippen LogP contribution in [0.5, 0.6) is 0 Å². The van der Waals surface area contributed by atoms with E-state index in [0.29, 0.717) is 28.4 Å². The molecule has 0 aliphatic heterocycles. The Balaban J connectivity index is 1.74. The third-order valence-electron chi connectivity index (χ3n) is 3.78. The predicted octanol–water partition coefficient (Wildman–Crippen LogP) is 3.23. The van der Waals surface area contributed by atoms with E-state index >= 15 is 0 Å². The van der Waals surface area contributed by atoms with Crippen LogP contribution in [-0.4, -0.2) is 44.3 Å². The second-order valence-electron chi connectivity index (χ2n) is 5.67. The molecule has 0 atom stereocenters. The number of ketones is 1. The highest BCUT2D eigenvalue weighted by Crippen LogP contribution is 2.26. The molecule has 0 fully saturated rings. The highest BCUT2D eigenvalue weighted by Gasteiger charge is 2.25. The van der Waals surface area contributed by atoms with E-state index in [1.807, 2.05) is 0 Å². The van der Waals surface area contributed by atoms with E-state index in [-0.39, 0.29) is 28.9 Å². The molecular formula is C18H18N4O4S. The molecule has 0 aliphatic carbocycles. The van der Waals surface area contributed by atoms with Crippen LogP contribution in [-0.2, 0) is 4.74 Å². The number of esters is 1. The van der Waals surface area contributed by atoms with Crippen molar-refractivity contribution in [2.24, 2.45) is 0 Å². The van der Waals surface area contributed by atoms with E-state index in [2.05, 4.69) is 20.2 Å². The first-order valence-corrected chi connectivity index (χ1v) is 9.26. The first kappa shape index (κ1) is 18.8. The largest absolute Gasteiger partial charge is 0.462 e. The minimum atomic E-state index is -0.510. The number of aryl methyl sites for hydroxylation is 2. The van der Waals surface area contributed by atoms with Crippen molar-refractivity contribution in [3.8, 4) is 11.5 Å². The first-order chi connectivity index (χ1) is 13.0. The Morgan fingerprint density at radius 3 is 2.70 bits per heavy atom. The molecular weight excluding hydrogens is 368 g/mol. The van der Waals surface area contributed by atoms with Crippen LogP contribution in [0.2, 0.25) is 0 Å². The molecule has 9 heteroatoms. The lowest BCUT2D eigenvalue weighted by molar-refractivity contribution is 0.0522. The van der Waals surface area contributed by atoms with Crippen LogP contribution in [0.3, 0.4) is 0 Å². The molecule has 0 amide bonds. The van der Waals surface area contributed by atoms with Gasteiger partial charge in [0, 0.05) is 23.8 Å². The average molecular weight is 386 g/mol. The van der Waals surface area contributed by atoms with Crippen LogP contribution in [0.4, 0.5) is 0 Å². The Hall–Kier alpha value is -2.94. The summed E-state index contributed by atoms with van der Waals surface area (Å²) >= 11 is 1.11. The second kappa shape index (κ2) is 8.17. The molecule has 0 aromatic carbocycles. The van der Waals surface area contributed by atoms with E-state index < -0.39 is 5.97 Å². The van der Waals surface area contributed by atoms with Crippen molar-refractivity contribution >= 4 is 23.5 Å². The Bertz CT molecular complexity index is 965. The van der Waals surface area contributed by atoms with Gasteiger partial charge in [0.2, 0.25) is 5.89 Å².